The molecule has 0 saturated carbocycles. The molecule has 0 aromatic heterocycles. The molecule has 2 N–H and O–H groups in total. The van der Waals surface area contributed by atoms with Gasteiger partial charge in [0.15, 0.2) is 0 Å². The molecule has 0 aliphatic rings. The van der Waals surface area contributed by atoms with Gasteiger partial charge in [-0.2, -0.15) is 5.10 Å². The number of carbonyl (C=O) groups excluding carboxylic acids is 1. The largest absolute Gasteiger partial charge is 0.449 e. The number of nitrogens with one attached hydrogen (secondary N) is 2. The van der Waals surface area contributed by atoms with Gasteiger partial charge in [-0.15, -0.1) is 0 Å². The van der Waals surface area contributed by atoms with Crippen LogP contribution in [0.15, 0.2) is 59.7 Å². The summed E-state index contributed by atoms with van der Waals surface area (Å²) < 4.78 is 4.69. The third-order valence-corrected chi connectivity index (χ3v) is 2.62. The number of ether oxygens (including phenoxy) is 1. The molecule has 108 valence electrons. The number of para-hydroxylation sites is 1. The lowest BCUT2D eigenvalue weighted by Crippen LogP contribution is -2.18. The molecule has 0 aliphatic heterocycles. The summed E-state index contributed by atoms with van der Waals surface area (Å²) in [5.74, 6) is 0. The van der Waals surface area contributed by atoms with Gasteiger partial charge in [-0.3, -0.25) is 0 Å². The maximum absolute atomic E-state index is 11.0. The van der Waals surface area contributed by atoms with Crippen LogP contribution in [0.4, 0.5) is 16.2 Å². The van der Waals surface area contributed by atoms with Crippen molar-refractivity contribution in [2.75, 3.05) is 11.9 Å². The predicted octanol–water partition coefficient (Wildman–Crippen LogP) is 3.51. The average molecular weight is 283 g/mol. The first-order valence-corrected chi connectivity index (χ1v) is 6.66. The van der Waals surface area contributed by atoms with E-state index in [0.29, 0.717) is 6.61 Å². The smallest absolute Gasteiger partial charge is 0.427 e. The number of hydrazone groups is 1. The number of hydrogen-bond donors (Lipinski definition) is 2. The third kappa shape index (κ3) is 4.99. The van der Waals surface area contributed by atoms with Crippen LogP contribution in [-0.2, 0) is 4.74 Å². The van der Waals surface area contributed by atoms with Gasteiger partial charge >= 0.3 is 6.09 Å². The predicted molar refractivity (Wildman–Crippen MR) is 83.9 cm³/mol. The van der Waals surface area contributed by atoms with Crippen molar-refractivity contribution >= 4 is 23.7 Å². The van der Waals surface area contributed by atoms with Gasteiger partial charge in [0, 0.05) is 11.4 Å². The molecule has 0 aliphatic carbocycles. The highest BCUT2D eigenvalue weighted by Gasteiger charge is 1.96. The zero-order valence-electron chi connectivity index (χ0n) is 11.7. The molecular formula is C16H17N3O2. The SMILES string of the molecule is CCOC(=O)N/N=C\c1ccc(Nc2ccccc2)cc1. The summed E-state index contributed by atoms with van der Waals surface area (Å²) in [5.41, 5.74) is 5.17. The monoisotopic (exact) mass is 283 g/mol. The Morgan fingerprint density at radius 1 is 1.10 bits per heavy atom. The molecule has 0 saturated heterocycles. The molecule has 0 radical (unpaired) electrons. The quantitative estimate of drug-likeness (QED) is 0.652. The summed E-state index contributed by atoms with van der Waals surface area (Å²) in [6, 6.07) is 17.6. The third-order valence-electron chi connectivity index (χ3n) is 2.62. The molecule has 2 aromatic rings. The molecule has 0 fully saturated rings. The Kier molecular flexibility index (Phi) is 5.34. The first kappa shape index (κ1) is 14.6. The van der Waals surface area contributed by atoms with Crippen LogP contribution < -0.4 is 10.7 Å². The highest BCUT2D eigenvalue weighted by atomic mass is 16.5. The van der Waals surface area contributed by atoms with Crippen molar-refractivity contribution in [3.8, 4) is 0 Å². The van der Waals surface area contributed by atoms with Crippen LogP contribution in [-0.4, -0.2) is 18.9 Å². The molecule has 5 heteroatoms. The minimum atomic E-state index is -0.559. The molecule has 2 aromatic carbocycles. The zero-order valence-corrected chi connectivity index (χ0v) is 11.7. The molecule has 21 heavy (non-hydrogen) atoms. The summed E-state index contributed by atoms with van der Waals surface area (Å²) in [6.07, 6.45) is 1.000. The van der Waals surface area contributed by atoms with Crippen molar-refractivity contribution in [3.63, 3.8) is 0 Å². The number of benzene rings is 2. The molecule has 0 bridgehead atoms. The second-order valence-corrected chi connectivity index (χ2v) is 4.20. The van der Waals surface area contributed by atoms with Crippen molar-refractivity contribution in [2.24, 2.45) is 5.10 Å². The topological polar surface area (TPSA) is 62.7 Å². The Balaban J connectivity index is 1.90. The highest BCUT2D eigenvalue weighted by molar-refractivity contribution is 5.81. The Morgan fingerprint density at radius 2 is 1.76 bits per heavy atom. The average Bonchev–Trinajstić information content (AvgIpc) is 2.50. The van der Waals surface area contributed by atoms with E-state index >= 15 is 0 Å². The second-order valence-electron chi connectivity index (χ2n) is 4.20. The van der Waals surface area contributed by atoms with Crippen LogP contribution in [0.25, 0.3) is 0 Å². The summed E-state index contributed by atoms with van der Waals surface area (Å²) in [6.45, 7) is 2.06. The van der Waals surface area contributed by atoms with E-state index in [1.807, 2.05) is 54.6 Å². The van der Waals surface area contributed by atoms with Gasteiger partial charge in [-0.1, -0.05) is 30.3 Å². The van der Waals surface area contributed by atoms with Crippen molar-refractivity contribution < 1.29 is 9.53 Å². The van der Waals surface area contributed by atoms with Gasteiger partial charge in [-0.25, -0.2) is 10.2 Å². The number of nitrogens with zero attached hydrogens (tertiary/aromatic N) is 1. The maximum Gasteiger partial charge on any atom is 0.427 e. The summed E-state index contributed by atoms with van der Waals surface area (Å²) in [5, 5.41) is 7.09. The molecule has 0 atom stereocenters. The summed E-state index contributed by atoms with van der Waals surface area (Å²) in [4.78, 5) is 11.0. The summed E-state index contributed by atoms with van der Waals surface area (Å²) >= 11 is 0. The fourth-order valence-corrected chi connectivity index (χ4v) is 1.66. The number of anilines is 2. The van der Waals surface area contributed by atoms with E-state index in [2.05, 4.69) is 15.8 Å². The van der Waals surface area contributed by atoms with Gasteiger partial charge in [0.05, 0.1) is 12.8 Å². The molecule has 0 heterocycles. The van der Waals surface area contributed by atoms with E-state index in [1.54, 1.807) is 13.1 Å². The Morgan fingerprint density at radius 3 is 2.43 bits per heavy atom. The molecule has 1 amide bonds. The van der Waals surface area contributed by atoms with E-state index in [4.69, 9.17) is 4.74 Å². The van der Waals surface area contributed by atoms with Crippen LogP contribution >= 0.6 is 0 Å². The number of amides is 1. The first-order chi connectivity index (χ1) is 10.3. The minimum absolute atomic E-state index is 0.321. The fourth-order valence-electron chi connectivity index (χ4n) is 1.66. The van der Waals surface area contributed by atoms with E-state index in [1.165, 1.54) is 0 Å². The maximum atomic E-state index is 11.0. The van der Waals surface area contributed by atoms with Crippen molar-refractivity contribution in [1.29, 1.82) is 0 Å². The van der Waals surface area contributed by atoms with Crippen LogP contribution in [0.1, 0.15) is 12.5 Å². The minimum Gasteiger partial charge on any atom is -0.449 e. The second kappa shape index (κ2) is 7.69. The highest BCUT2D eigenvalue weighted by Crippen LogP contribution is 2.15. The van der Waals surface area contributed by atoms with Crippen molar-refractivity contribution in [3.05, 3.63) is 60.2 Å². The molecule has 0 unspecified atom stereocenters. The van der Waals surface area contributed by atoms with Crippen LogP contribution in [0.5, 0.6) is 0 Å². The van der Waals surface area contributed by atoms with E-state index in [-0.39, 0.29) is 0 Å². The molecule has 5 nitrogen and oxygen atoms in total. The van der Waals surface area contributed by atoms with E-state index in [0.717, 1.165) is 16.9 Å². The molecular weight excluding hydrogens is 266 g/mol. The van der Waals surface area contributed by atoms with Gasteiger partial charge < -0.3 is 10.1 Å². The van der Waals surface area contributed by atoms with E-state index in [9.17, 15) is 4.79 Å². The Hall–Kier alpha value is -2.82. The lowest BCUT2D eigenvalue weighted by molar-refractivity contribution is 0.152. The number of carbonyl (C=O) groups is 1. The van der Waals surface area contributed by atoms with Crippen molar-refractivity contribution in [1.82, 2.24) is 5.43 Å². The first-order valence-electron chi connectivity index (χ1n) is 6.66. The number of rotatable bonds is 5. The van der Waals surface area contributed by atoms with Gasteiger partial charge in [-0.05, 0) is 36.8 Å². The normalized spacial score (nSPS) is 10.3. The lowest BCUT2D eigenvalue weighted by Gasteiger charge is -2.06. The van der Waals surface area contributed by atoms with Crippen LogP contribution in [0.2, 0.25) is 0 Å². The van der Waals surface area contributed by atoms with Crippen LogP contribution in [0, 0.1) is 0 Å². The van der Waals surface area contributed by atoms with Crippen LogP contribution in [0.3, 0.4) is 0 Å². The Bertz CT molecular complexity index is 595. The lowest BCUT2D eigenvalue weighted by atomic mass is 10.2. The van der Waals surface area contributed by atoms with Gasteiger partial charge in [0.1, 0.15) is 0 Å². The standard InChI is InChI=1S/C16H17N3O2/c1-2-21-16(20)19-17-12-13-8-10-15(11-9-13)18-14-6-4-3-5-7-14/h3-12,18H,2H2,1H3,(H,19,20)/b17-12-. The van der Waals surface area contributed by atoms with Crippen molar-refractivity contribution in [2.45, 2.75) is 6.92 Å². The number of hydrogen-bond acceptors (Lipinski definition) is 4. The fraction of sp³-hybridized carbons (Fsp3) is 0.125. The Labute approximate surface area is 123 Å². The zero-order chi connectivity index (χ0) is 14.9. The van der Waals surface area contributed by atoms with Gasteiger partial charge in [0.25, 0.3) is 0 Å². The van der Waals surface area contributed by atoms with Gasteiger partial charge in [0.2, 0.25) is 0 Å². The molecule has 2 rings (SSSR count). The summed E-state index contributed by atoms with van der Waals surface area (Å²) in [7, 11) is 0. The molecule has 0 spiro atoms. The van der Waals surface area contributed by atoms with E-state index < -0.39 is 6.09 Å².